The van der Waals surface area contributed by atoms with Crippen molar-refractivity contribution in [3.63, 3.8) is 0 Å². The van der Waals surface area contributed by atoms with E-state index in [0.717, 1.165) is 18.4 Å². The van der Waals surface area contributed by atoms with Gasteiger partial charge in [-0.25, -0.2) is 4.98 Å². The fraction of sp³-hybridized carbons (Fsp3) is 0.444. The average Bonchev–Trinajstić information content (AvgIpc) is 2.55. The Morgan fingerprint density at radius 3 is 2.88 bits per heavy atom. The Hall–Kier alpha value is -2.34. The Kier molecular flexibility index (Phi) is 6.81. The number of hydrogen-bond donors (Lipinski definition) is 3. The third-order valence-corrected chi connectivity index (χ3v) is 3.71. The van der Waals surface area contributed by atoms with E-state index in [9.17, 15) is 5.11 Å². The van der Waals surface area contributed by atoms with Gasteiger partial charge in [-0.15, -0.1) is 0 Å². The van der Waals surface area contributed by atoms with Gasteiger partial charge in [0, 0.05) is 12.6 Å². The van der Waals surface area contributed by atoms with Crippen molar-refractivity contribution in [3.05, 3.63) is 41.6 Å². The summed E-state index contributed by atoms with van der Waals surface area (Å²) in [7, 11) is 0. The molecule has 0 saturated carbocycles. The number of rotatable bonds is 9. The maximum Gasteiger partial charge on any atom is 0.222 e. The summed E-state index contributed by atoms with van der Waals surface area (Å²) in [4.78, 5) is 8.28. The van der Waals surface area contributed by atoms with Crippen LogP contribution in [0.25, 0.3) is 0 Å². The summed E-state index contributed by atoms with van der Waals surface area (Å²) >= 11 is 0. The first kappa shape index (κ1) is 18.0. The molecular weight excluding hydrogens is 304 g/mol. The van der Waals surface area contributed by atoms with Gasteiger partial charge in [0.05, 0.1) is 6.20 Å². The van der Waals surface area contributed by atoms with Crippen LogP contribution in [-0.2, 0) is 6.61 Å². The summed E-state index contributed by atoms with van der Waals surface area (Å²) in [5, 5.41) is 12.5. The standard InChI is InChI=1S/C18H26N4O2/c1-3-5-15(8-9-23)21-17-16(11-20-18(19)22-17)24-12-14-7-4-6-13(2)10-14/h4,6-7,10-11,15,23H,3,5,8-9,12H2,1-2H3,(H3,19,20,21,22)/t15-/m0/s1. The summed E-state index contributed by atoms with van der Waals surface area (Å²) < 4.78 is 5.88. The van der Waals surface area contributed by atoms with Crippen LogP contribution >= 0.6 is 0 Å². The molecule has 1 aromatic heterocycles. The number of hydrogen-bond acceptors (Lipinski definition) is 6. The van der Waals surface area contributed by atoms with Crippen molar-refractivity contribution >= 4 is 11.8 Å². The predicted octanol–water partition coefficient (Wildman–Crippen LogP) is 2.91. The molecule has 130 valence electrons. The van der Waals surface area contributed by atoms with Gasteiger partial charge in [-0.1, -0.05) is 43.2 Å². The Morgan fingerprint density at radius 2 is 2.17 bits per heavy atom. The first-order valence-corrected chi connectivity index (χ1v) is 8.30. The van der Waals surface area contributed by atoms with Crippen molar-refractivity contribution in [2.24, 2.45) is 0 Å². The molecule has 0 radical (unpaired) electrons. The summed E-state index contributed by atoms with van der Waals surface area (Å²) in [5.41, 5.74) is 7.98. The van der Waals surface area contributed by atoms with Crippen LogP contribution in [0.5, 0.6) is 5.75 Å². The quantitative estimate of drug-likeness (QED) is 0.654. The summed E-state index contributed by atoms with van der Waals surface area (Å²) in [6.07, 6.45) is 4.18. The Morgan fingerprint density at radius 1 is 1.33 bits per heavy atom. The van der Waals surface area contributed by atoms with Gasteiger partial charge in [0.15, 0.2) is 11.6 Å². The van der Waals surface area contributed by atoms with Gasteiger partial charge in [0.25, 0.3) is 0 Å². The minimum absolute atomic E-state index is 0.121. The van der Waals surface area contributed by atoms with E-state index in [1.165, 1.54) is 5.56 Å². The van der Waals surface area contributed by atoms with Crippen LogP contribution in [0.1, 0.15) is 37.3 Å². The molecule has 0 fully saturated rings. The molecule has 6 heteroatoms. The van der Waals surface area contributed by atoms with Gasteiger partial charge in [-0.2, -0.15) is 4.98 Å². The van der Waals surface area contributed by atoms with Crippen LogP contribution in [0.4, 0.5) is 11.8 Å². The third kappa shape index (κ3) is 5.38. The van der Waals surface area contributed by atoms with E-state index in [1.807, 2.05) is 25.1 Å². The van der Waals surface area contributed by atoms with Gasteiger partial charge >= 0.3 is 0 Å². The van der Waals surface area contributed by atoms with Crippen LogP contribution < -0.4 is 15.8 Å². The molecule has 4 N–H and O–H groups in total. The largest absolute Gasteiger partial charge is 0.483 e. The smallest absolute Gasteiger partial charge is 0.222 e. The second kappa shape index (κ2) is 9.08. The van der Waals surface area contributed by atoms with Crippen molar-refractivity contribution in [3.8, 4) is 5.75 Å². The highest BCUT2D eigenvalue weighted by molar-refractivity contribution is 5.51. The number of nitrogens with zero attached hydrogens (tertiary/aromatic N) is 2. The molecule has 2 rings (SSSR count). The third-order valence-electron chi connectivity index (χ3n) is 3.71. The zero-order chi connectivity index (χ0) is 17.4. The molecule has 0 aliphatic carbocycles. The second-order valence-electron chi connectivity index (χ2n) is 5.86. The highest BCUT2D eigenvalue weighted by atomic mass is 16.5. The van der Waals surface area contributed by atoms with E-state index in [0.29, 0.717) is 24.6 Å². The second-order valence-corrected chi connectivity index (χ2v) is 5.86. The number of ether oxygens (including phenoxy) is 1. The number of aromatic nitrogens is 2. The van der Waals surface area contributed by atoms with Crippen LogP contribution in [0, 0.1) is 6.92 Å². The van der Waals surface area contributed by atoms with Gasteiger partial charge in [0.2, 0.25) is 5.95 Å². The van der Waals surface area contributed by atoms with Crippen molar-refractivity contribution in [2.45, 2.75) is 45.8 Å². The number of nitrogens with two attached hydrogens (primary N) is 1. The van der Waals surface area contributed by atoms with E-state index in [1.54, 1.807) is 6.20 Å². The fourth-order valence-electron chi connectivity index (χ4n) is 2.54. The molecule has 2 aromatic rings. The summed E-state index contributed by atoms with van der Waals surface area (Å²) in [6, 6.07) is 8.27. The zero-order valence-corrected chi connectivity index (χ0v) is 14.3. The van der Waals surface area contributed by atoms with Crippen molar-refractivity contribution in [2.75, 3.05) is 17.7 Å². The van der Waals surface area contributed by atoms with E-state index < -0.39 is 0 Å². The highest BCUT2D eigenvalue weighted by Crippen LogP contribution is 2.25. The number of aliphatic hydroxyl groups excluding tert-OH is 1. The summed E-state index contributed by atoms with van der Waals surface area (Å²) in [5.74, 6) is 1.33. The van der Waals surface area contributed by atoms with Crippen LogP contribution in [-0.4, -0.2) is 27.7 Å². The monoisotopic (exact) mass is 330 g/mol. The predicted molar refractivity (Wildman–Crippen MR) is 96.0 cm³/mol. The molecule has 1 atom stereocenters. The van der Waals surface area contributed by atoms with Gasteiger partial charge in [-0.3, -0.25) is 0 Å². The maximum absolute atomic E-state index is 9.21. The molecule has 0 bridgehead atoms. The van der Waals surface area contributed by atoms with E-state index >= 15 is 0 Å². The number of nitrogen functional groups attached to an aromatic ring is 1. The fourth-order valence-corrected chi connectivity index (χ4v) is 2.54. The van der Waals surface area contributed by atoms with Gasteiger partial charge < -0.3 is 20.9 Å². The van der Waals surface area contributed by atoms with Crippen molar-refractivity contribution < 1.29 is 9.84 Å². The molecule has 0 spiro atoms. The minimum Gasteiger partial charge on any atom is -0.483 e. The first-order valence-electron chi connectivity index (χ1n) is 8.30. The molecule has 0 unspecified atom stereocenters. The van der Waals surface area contributed by atoms with E-state index in [2.05, 4.69) is 28.3 Å². The number of benzene rings is 1. The van der Waals surface area contributed by atoms with Crippen molar-refractivity contribution in [1.82, 2.24) is 9.97 Å². The van der Waals surface area contributed by atoms with E-state index in [-0.39, 0.29) is 18.6 Å². The number of nitrogens with one attached hydrogen (secondary N) is 1. The zero-order valence-electron chi connectivity index (χ0n) is 14.3. The van der Waals surface area contributed by atoms with Crippen LogP contribution in [0.15, 0.2) is 30.5 Å². The number of anilines is 2. The average molecular weight is 330 g/mol. The topological polar surface area (TPSA) is 93.3 Å². The van der Waals surface area contributed by atoms with Crippen LogP contribution in [0.2, 0.25) is 0 Å². The Labute approximate surface area is 143 Å². The van der Waals surface area contributed by atoms with Gasteiger partial charge in [0.1, 0.15) is 6.61 Å². The molecule has 6 nitrogen and oxygen atoms in total. The van der Waals surface area contributed by atoms with E-state index in [4.69, 9.17) is 10.5 Å². The van der Waals surface area contributed by atoms with Gasteiger partial charge in [-0.05, 0) is 25.3 Å². The summed E-state index contributed by atoms with van der Waals surface area (Å²) in [6.45, 7) is 4.71. The lowest BCUT2D eigenvalue weighted by Crippen LogP contribution is -2.22. The Balaban J connectivity index is 2.11. The normalized spacial score (nSPS) is 12.0. The maximum atomic E-state index is 9.21. The SMILES string of the molecule is CCC[C@@H](CCO)Nc1nc(N)ncc1OCc1cccc(C)c1. The lowest BCUT2D eigenvalue weighted by atomic mass is 10.1. The number of aliphatic hydroxyl groups is 1. The molecule has 24 heavy (non-hydrogen) atoms. The molecule has 0 saturated heterocycles. The first-order chi connectivity index (χ1) is 11.6. The molecule has 1 aromatic carbocycles. The number of aryl methyl sites for hydroxylation is 1. The molecular formula is C18H26N4O2. The highest BCUT2D eigenvalue weighted by Gasteiger charge is 2.13. The lowest BCUT2D eigenvalue weighted by molar-refractivity contribution is 0.275. The Bertz CT molecular complexity index is 643. The lowest BCUT2D eigenvalue weighted by Gasteiger charge is -2.20. The molecule has 0 aliphatic rings. The molecule has 0 amide bonds. The van der Waals surface area contributed by atoms with Crippen LogP contribution in [0.3, 0.4) is 0 Å². The van der Waals surface area contributed by atoms with Crippen molar-refractivity contribution in [1.29, 1.82) is 0 Å². The minimum atomic E-state index is 0.121. The molecule has 0 aliphatic heterocycles. The molecule has 1 heterocycles.